The van der Waals surface area contributed by atoms with Crippen LogP contribution in [0.5, 0.6) is 0 Å². The Hall–Kier alpha value is -1.00. The van der Waals surface area contributed by atoms with Crippen LogP contribution < -0.4 is 5.32 Å². The summed E-state index contributed by atoms with van der Waals surface area (Å²) in [6.45, 7) is 2.37. The average molecular weight is 359 g/mol. The van der Waals surface area contributed by atoms with Gasteiger partial charge in [-0.3, -0.25) is 0 Å². The summed E-state index contributed by atoms with van der Waals surface area (Å²) in [6.07, 6.45) is 3.46. The smallest absolute Gasteiger partial charge is 0.0409 e. The first-order valence-corrected chi connectivity index (χ1v) is 9.88. The van der Waals surface area contributed by atoms with E-state index in [1.165, 1.54) is 46.8 Å². The zero-order valence-electron chi connectivity index (χ0n) is 14.0. The Balaban J connectivity index is 1.64. The second-order valence-electron chi connectivity index (χ2n) is 6.89. The average Bonchev–Trinajstić information content (AvgIpc) is 2.73. The molecular formula is C20H23ClN2S. The molecule has 1 N–H and O–H groups in total. The number of benzene rings is 2. The molecule has 1 saturated heterocycles. The number of hydrogen-bond donors (Lipinski definition) is 1. The van der Waals surface area contributed by atoms with Crippen molar-refractivity contribution in [3.63, 3.8) is 0 Å². The molecule has 4 heteroatoms. The Morgan fingerprint density at radius 1 is 1.08 bits per heavy atom. The van der Waals surface area contributed by atoms with Gasteiger partial charge in [0.25, 0.3) is 0 Å². The van der Waals surface area contributed by atoms with Gasteiger partial charge in [-0.15, -0.1) is 0 Å². The van der Waals surface area contributed by atoms with E-state index in [1.807, 2.05) is 17.8 Å². The van der Waals surface area contributed by atoms with Crippen molar-refractivity contribution in [3.05, 3.63) is 58.6 Å². The predicted octanol–water partition coefficient (Wildman–Crippen LogP) is 4.77. The van der Waals surface area contributed by atoms with Gasteiger partial charge in [0.2, 0.25) is 0 Å². The van der Waals surface area contributed by atoms with E-state index in [1.54, 1.807) is 0 Å². The van der Waals surface area contributed by atoms with Crippen LogP contribution >= 0.6 is 23.4 Å². The predicted molar refractivity (Wildman–Crippen MR) is 102 cm³/mol. The molecule has 2 aromatic carbocycles. The van der Waals surface area contributed by atoms with Crippen molar-refractivity contribution < 1.29 is 0 Å². The second-order valence-corrected chi connectivity index (χ2v) is 8.41. The summed E-state index contributed by atoms with van der Waals surface area (Å²) in [6, 6.07) is 16.1. The molecule has 126 valence electrons. The first kappa shape index (κ1) is 16.5. The van der Waals surface area contributed by atoms with Crippen LogP contribution in [0.25, 0.3) is 0 Å². The molecule has 2 aliphatic heterocycles. The monoisotopic (exact) mass is 358 g/mol. The molecule has 2 nitrogen and oxygen atoms in total. The number of hydrogen-bond acceptors (Lipinski definition) is 3. The molecule has 1 unspecified atom stereocenters. The zero-order valence-corrected chi connectivity index (χ0v) is 15.5. The molecule has 24 heavy (non-hydrogen) atoms. The Morgan fingerprint density at radius 2 is 1.88 bits per heavy atom. The lowest BCUT2D eigenvalue weighted by Gasteiger charge is -2.33. The van der Waals surface area contributed by atoms with E-state index >= 15 is 0 Å². The molecule has 2 heterocycles. The van der Waals surface area contributed by atoms with Crippen LogP contribution in [-0.2, 0) is 6.42 Å². The Bertz CT molecular complexity index is 725. The van der Waals surface area contributed by atoms with E-state index in [0.29, 0.717) is 12.1 Å². The van der Waals surface area contributed by atoms with Crippen LogP contribution in [-0.4, -0.2) is 31.1 Å². The van der Waals surface area contributed by atoms with Crippen molar-refractivity contribution in [2.24, 2.45) is 0 Å². The number of halogens is 1. The lowest BCUT2D eigenvalue weighted by Crippen LogP contribution is -2.42. The van der Waals surface area contributed by atoms with E-state index in [-0.39, 0.29) is 0 Å². The lowest BCUT2D eigenvalue weighted by atomic mass is 9.96. The maximum Gasteiger partial charge on any atom is 0.0409 e. The van der Waals surface area contributed by atoms with Crippen LogP contribution in [0.2, 0.25) is 5.02 Å². The van der Waals surface area contributed by atoms with Gasteiger partial charge in [0.15, 0.2) is 0 Å². The Kier molecular flexibility index (Phi) is 4.86. The van der Waals surface area contributed by atoms with Crippen LogP contribution in [0, 0.1) is 0 Å². The maximum absolute atomic E-state index is 6.26. The van der Waals surface area contributed by atoms with E-state index < -0.39 is 0 Å². The first-order chi connectivity index (χ1) is 11.7. The molecule has 0 bridgehead atoms. The molecule has 1 fully saturated rings. The highest BCUT2D eigenvalue weighted by molar-refractivity contribution is 7.99. The van der Waals surface area contributed by atoms with E-state index in [2.05, 4.69) is 53.7 Å². The molecule has 1 atom stereocenters. The summed E-state index contributed by atoms with van der Waals surface area (Å²) in [7, 11) is 2.21. The minimum absolute atomic E-state index is 0.363. The standard InChI is InChI=1S/C20H23ClN2S/c1-23-10-8-16(9-11-23)22-18-13-14-12-15(21)6-7-19(14)24-20-5-3-2-4-17(18)20/h2-7,12,16,18,22H,8-11,13H2,1H3. The van der Waals surface area contributed by atoms with Crippen molar-refractivity contribution in [1.29, 1.82) is 0 Å². The highest BCUT2D eigenvalue weighted by Gasteiger charge is 2.26. The van der Waals surface area contributed by atoms with Crippen molar-refractivity contribution in [2.45, 2.75) is 41.1 Å². The minimum atomic E-state index is 0.363. The number of likely N-dealkylation sites (tertiary alicyclic amines) is 1. The van der Waals surface area contributed by atoms with E-state index in [0.717, 1.165) is 11.4 Å². The number of rotatable bonds is 2. The molecule has 0 aromatic heterocycles. The largest absolute Gasteiger partial charge is 0.307 e. The first-order valence-electron chi connectivity index (χ1n) is 8.69. The van der Waals surface area contributed by atoms with E-state index in [4.69, 9.17) is 11.6 Å². The molecule has 2 aromatic rings. The van der Waals surface area contributed by atoms with Crippen molar-refractivity contribution in [3.8, 4) is 0 Å². The van der Waals surface area contributed by atoms with Crippen molar-refractivity contribution in [1.82, 2.24) is 10.2 Å². The van der Waals surface area contributed by atoms with Crippen LogP contribution in [0.1, 0.15) is 30.0 Å². The summed E-state index contributed by atoms with van der Waals surface area (Å²) >= 11 is 8.13. The summed E-state index contributed by atoms with van der Waals surface area (Å²) in [4.78, 5) is 5.12. The number of nitrogens with zero attached hydrogens (tertiary/aromatic N) is 1. The molecule has 4 rings (SSSR count). The van der Waals surface area contributed by atoms with Crippen LogP contribution in [0.15, 0.2) is 52.3 Å². The Morgan fingerprint density at radius 3 is 2.71 bits per heavy atom. The van der Waals surface area contributed by atoms with Crippen LogP contribution in [0.4, 0.5) is 0 Å². The molecule has 2 aliphatic rings. The second kappa shape index (κ2) is 7.09. The summed E-state index contributed by atoms with van der Waals surface area (Å²) < 4.78 is 0. The fourth-order valence-electron chi connectivity index (χ4n) is 3.73. The minimum Gasteiger partial charge on any atom is -0.307 e. The van der Waals surface area contributed by atoms with Gasteiger partial charge in [0.05, 0.1) is 0 Å². The van der Waals surface area contributed by atoms with Crippen molar-refractivity contribution in [2.75, 3.05) is 20.1 Å². The van der Waals surface area contributed by atoms with Gasteiger partial charge in [0.1, 0.15) is 0 Å². The van der Waals surface area contributed by atoms with Gasteiger partial charge in [-0.1, -0.05) is 41.6 Å². The lowest BCUT2D eigenvalue weighted by molar-refractivity contribution is 0.223. The molecule has 0 saturated carbocycles. The summed E-state index contributed by atoms with van der Waals surface area (Å²) in [5, 5.41) is 4.78. The van der Waals surface area contributed by atoms with Gasteiger partial charge in [0, 0.05) is 26.9 Å². The SMILES string of the molecule is CN1CCC(NC2Cc3cc(Cl)ccc3Sc3ccccc32)CC1. The zero-order chi connectivity index (χ0) is 16.5. The molecular weight excluding hydrogens is 336 g/mol. The third kappa shape index (κ3) is 3.50. The van der Waals surface area contributed by atoms with Gasteiger partial charge in [-0.2, -0.15) is 0 Å². The fraction of sp³-hybridized carbons (Fsp3) is 0.400. The summed E-state index contributed by atoms with van der Waals surface area (Å²) in [5.41, 5.74) is 2.78. The molecule has 0 aliphatic carbocycles. The Labute approximate surface area is 153 Å². The normalized spacial score (nSPS) is 21.8. The number of piperidine rings is 1. The molecule has 0 radical (unpaired) electrons. The van der Waals surface area contributed by atoms with E-state index in [9.17, 15) is 0 Å². The maximum atomic E-state index is 6.26. The number of fused-ring (bicyclic) bond motifs is 2. The number of nitrogens with one attached hydrogen (secondary N) is 1. The van der Waals surface area contributed by atoms with Gasteiger partial charge >= 0.3 is 0 Å². The quantitative estimate of drug-likeness (QED) is 0.832. The highest BCUT2D eigenvalue weighted by Crippen LogP contribution is 2.41. The molecule has 0 amide bonds. The van der Waals surface area contributed by atoms with Crippen molar-refractivity contribution >= 4 is 23.4 Å². The summed E-state index contributed by atoms with van der Waals surface area (Å²) in [5.74, 6) is 0. The third-order valence-electron chi connectivity index (χ3n) is 5.12. The highest BCUT2D eigenvalue weighted by atomic mass is 35.5. The van der Waals surface area contributed by atoms with Gasteiger partial charge in [-0.25, -0.2) is 0 Å². The molecule has 0 spiro atoms. The third-order valence-corrected chi connectivity index (χ3v) is 6.56. The van der Waals surface area contributed by atoms with Gasteiger partial charge in [-0.05, 0) is 74.8 Å². The fourth-order valence-corrected chi connectivity index (χ4v) is 5.04. The topological polar surface area (TPSA) is 15.3 Å². The van der Waals surface area contributed by atoms with Gasteiger partial charge < -0.3 is 10.2 Å². The van der Waals surface area contributed by atoms with Crippen LogP contribution in [0.3, 0.4) is 0 Å².